The van der Waals surface area contributed by atoms with Gasteiger partial charge in [-0.05, 0) is 43.2 Å². The van der Waals surface area contributed by atoms with Gasteiger partial charge in [-0.15, -0.1) is 11.3 Å². The highest BCUT2D eigenvalue weighted by molar-refractivity contribution is 7.20. The molecule has 2 heterocycles. The fourth-order valence-corrected chi connectivity index (χ4v) is 4.16. The van der Waals surface area contributed by atoms with E-state index in [4.69, 9.17) is 0 Å². The summed E-state index contributed by atoms with van der Waals surface area (Å²) in [6.07, 6.45) is 2.02. The minimum atomic E-state index is -0.345. The van der Waals surface area contributed by atoms with E-state index in [0.717, 1.165) is 30.6 Å². The van der Waals surface area contributed by atoms with Gasteiger partial charge in [0.15, 0.2) is 0 Å². The third-order valence-corrected chi connectivity index (χ3v) is 5.63. The topological polar surface area (TPSA) is 49.4 Å². The molecule has 4 rings (SSSR count). The molecule has 1 saturated heterocycles. The Hall–Kier alpha value is -2.73. The minimum Gasteiger partial charge on any atom is -0.339 e. The summed E-state index contributed by atoms with van der Waals surface area (Å²) in [5.74, 6) is -0.754. The van der Waals surface area contributed by atoms with Gasteiger partial charge in [-0.2, -0.15) is 0 Å². The predicted molar refractivity (Wildman–Crippen MR) is 101 cm³/mol. The zero-order valence-electron chi connectivity index (χ0n) is 14.0. The van der Waals surface area contributed by atoms with Gasteiger partial charge in [0.25, 0.3) is 11.8 Å². The lowest BCUT2D eigenvalue weighted by molar-refractivity contribution is 0.0794. The number of nitrogens with zero attached hydrogens (tertiary/aromatic N) is 1. The van der Waals surface area contributed by atoms with Crippen LogP contribution in [0.2, 0.25) is 0 Å². The van der Waals surface area contributed by atoms with E-state index in [1.54, 1.807) is 47.4 Å². The summed E-state index contributed by atoms with van der Waals surface area (Å²) in [6, 6.07) is 13.3. The molecule has 2 aromatic carbocycles. The standard InChI is InChI=1S/C20H17FN2O2S/c21-15-7-5-9-17-14(15)12-18(26-17)19(24)22-16-8-2-1-6-13(16)20(25)23-10-3-4-11-23/h1-2,5-9,12H,3-4,10-11H2,(H,22,24). The van der Waals surface area contributed by atoms with Crippen molar-refractivity contribution in [1.82, 2.24) is 4.90 Å². The fourth-order valence-electron chi connectivity index (χ4n) is 3.19. The number of anilines is 1. The number of carbonyl (C=O) groups is 2. The first-order valence-electron chi connectivity index (χ1n) is 8.51. The molecule has 6 heteroatoms. The molecule has 1 N–H and O–H groups in total. The van der Waals surface area contributed by atoms with Crippen LogP contribution >= 0.6 is 11.3 Å². The van der Waals surface area contributed by atoms with E-state index in [1.807, 2.05) is 0 Å². The zero-order chi connectivity index (χ0) is 18.1. The van der Waals surface area contributed by atoms with Crippen LogP contribution in [0.3, 0.4) is 0 Å². The Bertz CT molecular complexity index is 992. The molecule has 0 radical (unpaired) electrons. The van der Waals surface area contributed by atoms with E-state index in [1.165, 1.54) is 17.4 Å². The number of amides is 2. The van der Waals surface area contributed by atoms with Crippen LogP contribution < -0.4 is 5.32 Å². The van der Waals surface area contributed by atoms with Crippen molar-refractivity contribution >= 4 is 38.9 Å². The molecule has 26 heavy (non-hydrogen) atoms. The van der Waals surface area contributed by atoms with Crippen molar-refractivity contribution in [3.63, 3.8) is 0 Å². The summed E-state index contributed by atoms with van der Waals surface area (Å²) in [7, 11) is 0. The number of hydrogen-bond acceptors (Lipinski definition) is 3. The number of hydrogen-bond donors (Lipinski definition) is 1. The van der Waals surface area contributed by atoms with Crippen molar-refractivity contribution < 1.29 is 14.0 Å². The number of para-hydroxylation sites is 1. The summed E-state index contributed by atoms with van der Waals surface area (Å²) in [5, 5.41) is 3.25. The fraction of sp³-hybridized carbons (Fsp3) is 0.200. The Morgan fingerprint density at radius 3 is 2.58 bits per heavy atom. The van der Waals surface area contributed by atoms with E-state index in [2.05, 4.69) is 5.32 Å². The van der Waals surface area contributed by atoms with E-state index in [9.17, 15) is 14.0 Å². The SMILES string of the molecule is O=C(Nc1ccccc1C(=O)N1CCCC1)c1cc2c(F)cccc2s1. The molecule has 1 aliphatic heterocycles. The average Bonchev–Trinajstić information content (AvgIpc) is 3.32. The number of benzene rings is 2. The van der Waals surface area contributed by atoms with Crippen molar-refractivity contribution in [3.05, 3.63) is 64.8 Å². The van der Waals surface area contributed by atoms with Gasteiger partial charge >= 0.3 is 0 Å². The van der Waals surface area contributed by atoms with Crippen LogP contribution in [0.1, 0.15) is 32.9 Å². The van der Waals surface area contributed by atoms with E-state index >= 15 is 0 Å². The van der Waals surface area contributed by atoms with Gasteiger partial charge in [-0.3, -0.25) is 9.59 Å². The van der Waals surface area contributed by atoms with Crippen LogP contribution in [0.15, 0.2) is 48.5 Å². The number of halogens is 1. The van der Waals surface area contributed by atoms with Crippen LogP contribution in [-0.4, -0.2) is 29.8 Å². The second-order valence-corrected chi connectivity index (χ2v) is 7.35. The normalized spacial score (nSPS) is 14.0. The maximum absolute atomic E-state index is 13.9. The highest BCUT2D eigenvalue weighted by Gasteiger charge is 2.22. The van der Waals surface area contributed by atoms with Gasteiger partial charge in [0, 0.05) is 23.2 Å². The van der Waals surface area contributed by atoms with Gasteiger partial charge < -0.3 is 10.2 Å². The van der Waals surface area contributed by atoms with E-state index in [-0.39, 0.29) is 17.6 Å². The molecule has 0 spiro atoms. The van der Waals surface area contributed by atoms with Crippen molar-refractivity contribution in [1.29, 1.82) is 0 Å². The van der Waals surface area contributed by atoms with Gasteiger partial charge in [0.2, 0.25) is 0 Å². The van der Waals surface area contributed by atoms with Crippen molar-refractivity contribution in [2.45, 2.75) is 12.8 Å². The molecule has 1 fully saturated rings. The smallest absolute Gasteiger partial charge is 0.265 e. The molecule has 132 valence electrons. The quantitative estimate of drug-likeness (QED) is 0.738. The molecule has 2 amide bonds. The molecule has 4 nitrogen and oxygen atoms in total. The maximum Gasteiger partial charge on any atom is 0.265 e. The van der Waals surface area contributed by atoms with Gasteiger partial charge in [-0.25, -0.2) is 4.39 Å². The minimum absolute atomic E-state index is 0.0687. The van der Waals surface area contributed by atoms with Gasteiger partial charge in [0.05, 0.1) is 16.1 Å². The Morgan fingerprint density at radius 1 is 1.04 bits per heavy atom. The third kappa shape index (κ3) is 3.08. The van der Waals surface area contributed by atoms with Crippen LogP contribution in [-0.2, 0) is 0 Å². The van der Waals surface area contributed by atoms with Crippen molar-refractivity contribution in [3.8, 4) is 0 Å². The first-order valence-corrected chi connectivity index (χ1v) is 9.33. The van der Waals surface area contributed by atoms with Crippen molar-refractivity contribution in [2.75, 3.05) is 18.4 Å². The molecule has 0 unspecified atom stereocenters. The summed E-state index contributed by atoms with van der Waals surface area (Å²) in [5.41, 5.74) is 0.961. The van der Waals surface area contributed by atoms with Gasteiger partial charge in [-0.1, -0.05) is 18.2 Å². The van der Waals surface area contributed by atoms with Crippen LogP contribution in [0, 0.1) is 5.82 Å². The number of carbonyl (C=O) groups excluding carboxylic acids is 2. The number of likely N-dealkylation sites (tertiary alicyclic amines) is 1. The Labute approximate surface area is 154 Å². The van der Waals surface area contributed by atoms with Crippen LogP contribution in [0.4, 0.5) is 10.1 Å². The Morgan fingerprint density at radius 2 is 1.81 bits per heavy atom. The number of thiophene rings is 1. The van der Waals surface area contributed by atoms with E-state index in [0.29, 0.717) is 21.5 Å². The second kappa shape index (κ2) is 6.88. The van der Waals surface area contributed by atoms with Gasteiger partial charge in [0.1, 0.15) is 5.82 Å². The van der Waals surface area contributed by atoms with Crippen molar-refractivity contribution in [2.24, 2.45) is 0 Å². The lowest BCUT2D eigenvalue weighted by Crippen LogP contribution is -2.28. The molecule has 0 aliphatic carbocycles. The highest BCUT2D eigenvalue weighted by atomic mass is 32.1. The molecule has 1 aromatic heterocycles. The monoisotopic (exact) mass is 368 g/mol. The van der Waals surface area contributed by atoms with Crippen LogP contribution in [0.25, 0.3) is 10.1 Å². The molecule has 0 atom stereocenters. The third-order valence-electron chi connectivity index (χ3n) is 4.53. The summed E-state index contributed by atoms with van der Waals surface area (Å²) in [4.78, 5) is 27.6. The Kier molecular flexibility index (Phi) is 4.42. The van der Waals surface area contributed by atoms with Crippen LogP contribution in [0.5, 0.6) is 0 Å². The zero-order valence-corrected chi connectivity index (χ0v) is 14.8. The second-order valence-electron chi connectivity index (χ2n) is 6.26. The Balaban J connectivity index is 1.61. The number of fused-ring (bicyclic) bond motifs is 1. The van der Waals surface area contributed by atoms with E-state index < -0.39 is 0 Å². The summed E-state index contributed by atoms with van der Waals surface area (Å²) < 4.78 is 14.6. The molecule has 0 saturated carbocycles. The number of nitrogens with one attached hydrogen (secondary N) is 1. The lowest BCUT2D eigenvalue weighted by atomic mass is 10.1. The highest BCUT2D eigenvalue weighted by Crippen LogP contribution is 2.29. The molecular formula is C20H17FN2O2S. The number of rotatable bonds is 3. The lowest BCUT2D eigenvalue weighted by Gasteiger charge is -2.17. The first kappa shape index (κ1) is 16.7. The summed E-state index contributed by atoms with van der Waals surface area (Å²) >= 11 is 1.23. The largest absolute Gasteiger partial charge is 0.339 e. The maximum atomic E-state index is 13.9. The molecule has 0 bridgehead atoms. The molecule has 1 aliphatic rings. The molecular weight excluding hydrogens is 351 g/mol. The predicted octanol–water partition coefficient (Wildman–Crippen LogP) is 4.53. The molecule has 3 aromatic rings. The average molecular weight is 368 g/mol. The summed E-state index contributed by atoms with van der Waals surface area (Å²) in [6.45, 7) is 1.49. The first-order chi connectivity index (χ1) is 12.6.